The van der Waals surface area contributed by atoms with Crippen LogP contribution in [0.4, 0.5) is 0 Å². The molecule has 102 valence electrons. The van der Waals surface area contributed by atoms with Gasteiger partial charge in [-0.2, -0.15) is 0 Å². The van der Waals surface area contributed by atoms with Crippen LogP contribution >= 0.6 is 11.3 Å². The number of hydrogen-bond acceptors (Lipinski definition) is 4. The predicted molar refractivity (Wildman–Crippen MR) is 73.7 cm³/mol. The highest BCUT2D eigenvalue weighted by Crippen LogP contribution is 2.47. The molecule has 0 radical (unpaired) electrons. The summed E-state index contributed by atoms with van der Waals surface area (Å²) in [5.41, 5.74) is 0.941. The number of rotatable bonds is 3. The van der Waals surface area contributed by atoms with Crippen LogP contribution in [0.25, 0.3) is 0 Å². The van der Waals surface area contributed by atoms with Crippen molar-refractivity contribution >= 4 is 11.3 Å². The van der Waals surface area contributed by atoms with Crippen LogP contribution in [0.2, 0.25) is 0 Å². The Hall–Kier alpha value is -0.450. The summed E-state index contributed by atoms with van der Waals surface area (Å²) in [4.78, 5) is 4.57. The fourth-order valence-corrected chi connectivity index (χ4v) is 3.67. The van der Waals surface area contributed by atoms with E-state index in [4.69, 9.17) is 4.74 Å². The van der Waals surface area contributed by atoms with Gasteiger partial charge >= 0.3 is 0 Å². The van der Waals surface area contributed by atoms with Crippen LogP contribution in [-0.4, -0.2) is 17.2 Å². The van der Waals surface area contributed by atoms with E-state index in [-0.39, 0.29) is 5.60 Å². The molecule has 1 atom stereocenters. The van der Waals surface area contributed by atoms with Gasteiger partial charge in [-0.05, 0) is 38.0 Å². The summed E-state index contributed by atoms with van der Waals surface area (Å²) >= 11 is 1.61. The third-order valence-corrected chi connectivity index (χ3v) is 5.19. The highest BCUT2D eigenvalue weighted by molar-refractivity contribution is 7.09. The topological polar surface area (TPSA) is 42.4 Å². The lowest BCUT2D eigenvalue weighted by Crippen LogP contribution is -2.36. The smallest absolute Gasteiger partial charge is 0.125 e. The maximum absolute atomic E-state index is 9.58. The van der Waals surface area contributed by atoms with E-state index >= 15 is 0 Å². The Morgan fingerprint density at radius 3 is 2.39 bits per heavy atom. The zero-order valence-corrected chi connectivity index (χ0v) is 12.5. The second-order valence-electron chi connectivity index (χ2n) is 6.12. The SMILES string of the molecule is COC1(c2nc(C(C)O)cs2)CCC(C)(C)CC1. The van der Waals surface area contributed by atoms with Gasteiger partial charge in [0.2, 0.25) is 0 Å². The van der Waals surface area contributed by atoms with Crippen molar-refractivity contribution in [3.05, 3.63) is 16.1 Å². The molecule has 1 aromatic rings. The molecule has 1 heterocycles. The first kappa shape index (κ1) is 14.0. The van der Waals surface area contributed by atoms with Gasteiger partial charge in [0, 0.05) is 12.5 Å². The van der Waals surface area contributed by atoms with Gasteiger partial charge in [-0.3, -0.25) is 0 Å². The van der Waals surface area contributed by atoms with Crippen LogP contribution in [0, 0.1) is 5.41 Å². The standard InChI is InChI=1S/C14H23NO2S/c1-10(16)11-9-18-12(15-11)14(17-4)7-5-13(2,3)6-8-14/h9-10,16H,5-8H2,1-4H3. The largest absolute Gasteiger partial charge is 0.387 e. The molecule has 0 aliphatic heterocycles. The summed E-state index contributed by atoms with van der Waals surface area (Å²) in [5, 5.41) is 12.5. The second-order valence-corrected chi connectivity index (χ2v) is 6.97. The van der Waals surface area contributed by atoms with Crippen molar-refractivity contribution in [2.75, 3.05) is 7.11 Å². The van der Waals surface area contributed by atoms with Crippen molar-refractivity contribution < 1.29 is 9.84 Å². The Kier molecular flexibility index (Phi) is 3.81. The first-order valence-electron chi connectivity index (χ1n) is 6.58. The molecule has 0 aromatic carbocycles. The van der Waals surface area contributed by atoms with Crippen molar-refractivity contribution in [1.29, 1.82) is 0 Å². The van der Waals surface area contributed by atoms with Gasteiger partial charge in [-0.25, -0.2) is 4.98 Å². The third-order valence-electron chi connectivity index (χ3n) is 4.14. The molecule has 4 heteroatoms. The number of aliphatic hydroxyl groups excluding tert-OH is 1. The summed E-state index contributed by atoms with van der Waals surface area (Å²) in [6.45, 7) is 6.38. The molecule has 1 aliphatic carbocycles. The van der Waals surface area contributed by atoms with Crippen LogP contribution in [0.5, 0.6) is 0 Å². The van der Waals surface area contributed by atoms with Gasteiger partial charge in [0.05, 0.1) is 11.8 Å². The van der Waals surface area contributed by atoms with Crippen LogP contribution in [0.3, 0.4) is 0 Å². The minimum absolute atomic E-state index is 0.229. The zero-order valence-electron chi connectivity index (χ0n) is 11.7. The molecule has 3 nitrogen and oxygen atoms in total. The molecule has 0 amide bonds. The van der Waals surface area contributed by atoms with E-state index in [0.717, 1.165) is 36.4 Å². The van der Waals surface area contributed by atoms with Crippen LogP contribution < -0.4 is 0 Å². The zero-order chi connectivity index (χ0) is 13.4. The Morgan fingerprint density at radius 2 is 1.94 bits per heavy atom. The fraction of sp³-hybridized carbons (Fsp3) is 0.786. The third kappa shape index (κ3) is 2.60. The van der Waals surface area contributed by atoms with Crippen LogP contribution in [-0.2, 0) is 10.3 Å². The Bertz CT molecular complexity index is 402. The van der Waals surface area contributed by atoms with Gasteiger partial charge in [0.25, 0.3) is 0 Å². The fourth-order valence-electron chi connectivity index (χ4n) is 2.52. The van der Waals surface area contributed by atoms with E-state index in [1.165, 1.54) is 0 Å². The molecule has 0 bridgehead atoms. The van der Waals surface area contributed by atoms with E-state index in [1.54, 1.807) is 25.4 Å². The number of aliphatic hydroxyl groups is 1. The highest BCUT2D eigenvalue weighted by atomic mass is 32.1. The highest BCUT2D eigenvalue weighted by Gasteiger charge is 2.42. The maximum Gasteiger partial charge on any atom is 0.125 e. The molecule has 1 N–H and O–H groups in total. The summed E-state index contributed by atoms with van der Waals surface area (Å²) < 4.78 is 5.82. The Labute approximate surface area is 113 Å². The first-order valence-corrected chi connectivity index (χ1v) is 7.46. The van der Waals surface area contributed by atoms with Gasteiger partial charge in [0.15, 0.2) is 0 Å². The van der Waals surface area contributed by atoms with E-state index in [1.807, 2.05) is 5.38 Å². The van der Waals surface area contributed by atoms with Crippen molar-refractivity contribution in [2.24, 2.45) is 5.41 Å². The maximum atomic E-state index is 9.58. The molecule has 1 fully saturated rings. The number of aromatic nitrogens is 1. The Morgan fingerprint density at radius 1 is 1.33 bits per heavy atom. The van der Waals surface area contributed by atoms with Crippen molar-refractivity contribution in [3.63, 3.8) is 0 Å². The molecule has 2 rings (SSSR count). The molecule has 1 aliphatic rings. The summed E-state index contributed by atoms with van der Waals surface area (Å²) in [6, 6.07) is 0. The summed E-state index contributed by atoms with van der Waals surface area (Å²) in [6.07, 6.45) is 3.85. The second kappa shape index (κ2) is 4.91. The molecule has 1 aromatic heterocycles. The van der Waals surface area contributed by atoms with Gasteiger partial charge in [0.1, 0.15) is 10.6 Å². The van der Waals surface area contributed by atoms with Gasteiger partial charge in [-0.15, -0.1) is 11.3 Å². The minimum atomic E-state index is -0.496. The van der Waals surface area contributed by atoms with E-state index in [9.17, 15) is 5.11 Å². The number of hydrogen-bond donors (Lipinski definition) is 1. The van der Waals surface area contributed by atoms with Gasteiger partial charge < -0.3 is 9.84 Å². The van der Waals surface area contributed by atoms with E-state index in [2.05, 4.69) is 18.8 Å². The lowest BCUT2D eigenvalue weighted by Gasteiger charge is -2.41. The Balaban J connectivity index is 2.22. The van der Waals surface area contributed by atoms with Crippen molar-refractivity contribution in [1.82, 2.24) is 4.98 Å². The van der Waals surface area contributed by atoms with E-state index < -0.39 is 6.10 Å². The molecule has 1 saturated carbocycles. The number of ether oxygens (including phenoxy) is 1. The lowest BCUT2D eigenvalue weighted by atomic mass is 9.71. The number of nitrogens with zero attached hydrogens (tertiary/aromatic N) is 1. The summed E-state index contributed by atoms with van der Waals surface area (Å²) in [5.74, 6) is 0. The number of thiazole rings is 1. The average Bonchev–Trinajstić information content (AvgIpc) is 2.80. The normalized spacial score (nSPS) is 23.8. The lowest BCUT2D eigenvalue weighted by molar-refractivity contribution is -0.0669. The first-order chi connectivity index (χ1) is 8.38. The molecule has 18 heavy (non-hydrogen) atoms. The predicted octanol–water partition coefficient (Wildman–Crippen LogP) is 3.64. The van der Waals surface area contributed by atoms with E-state index in [0.29, 0.717) is 5.41 Å². The summed E-state index contributed by atoms with van der Waals surface area (Å²) in [7, 11) is 1.78. The molecule has 1 unspecified atom stereocenters. The van der Waals surface area contributed by atoms with Crippen LogP contribution in [0.15, 0.2) is 5.38 Å². The van der Waals surface area contributed by atoms with Gasteiger partial charge in [-0.1, -0.05) is 13.8 Å². The molecular weight excluding hydrogens is 246 g/mol. The molecule has 0 saturated heterocycles. The number of methoxy groups -OCH3 is 1. The molecule has 0 spiro atoms. The quantitative estimate of drug-likeness (QED) is 0.911. The molecular formula is C14H23NO2S. The van der Waals surface area contributed by atoms with Crippen molar-refractivity contribution in [2.45, 2.75) is 58.2 Å². The average molecular weight is 269 g/mol. The van der Waals surface area contributed by atoms with Crippen molar-refractivity contribution in [3.8, 4) is 0 Å². The van der Waals surface area contributed by atoms with Crippen LogP contribution in [0.1, 0.15) is 63.3 Å². The minimum Gasteiger partial charge on any atom is -0.387 e. The monoisotopic (exact) mass is 269 g/mol.